The minimum absolute atomic E-state index is 0.0251. The quantitative estimate of drug-likeness (QED) is 0.797. The first kappa shape index (κ1) is 20.6. The first-order chi connectivity index (χ1) is 12.4. The number of benzene rings is 2. The Morgan fingerprint density at radius 1 is 1.11 bits per heavy atom. The van der Waals surface area contributed by atoms with Crippen molar-refractivity contribution < 1.29 is 31.1 Å². The van der Waals surface area contributed by atoms with Gasteiger partial charge >= 0.3 is 6.18 Å². The zero-order valence-corrected chi connectivity index (χ0v) is 15.5. The van der Waals surface area contributed by atoms with E-state index in [0.29, 0.717) is 0 Å². The zero-order valence-electron chi connectivity index (χ0n) is 14.6. The van der Waals surface area contributed by atoms with Gasteiger partial charge in [-0.25, -0.2) is 8.42 Å². The van der Waals surface area contributed by atoms with Crippen molar-refractivity contribution in [2.75, 3.05) is 17.1 Å². The number of alkyl halides is 3. The minimum atomic E-state index is -4.61. The summed E-state index contributed by atoms with van der Waals surface area (Å²) in [6, 6.07) is 6.84. The molecule has 0 unspecified atom stereocenters. The molecule has 0 aliphatic rings. The van der Waals surface area contributed by atoms with Crippen LogP contribution in [0.25, 0.3) is 0 Å². The summed E-state index contributed by atoms with van der Waals surface area (Å²) in [6.45, 7) is 2.52. The number of sulfonamides is 1. The standard InChI is InChI=1S/C17H17F3N2O4S/c1-10-4-5-12(8-14(10)17(18,19)20)22-27(24,25)13-6-7-16(26-3)15(9-13)21-11(2)23/h4-9,22H,1-3H3,(H,21,23). The van der Waals surface area contributed by atoms with Crippen molar-refractivity contribution in [2.45, 2.75) is 24.9 Å². The molecule has 6 nitrogen and oxygen atoms in total. The van der Waals surface area contributed by atoms with Crippen LogP contribution >= 0.6 is 0 Å². The van der Waals surface area contributed by atoms with Gasteiger partial charge in [-0.05, 0) is 42.8 Å². The lowest BCUT2D eigenvalue weighted by atomic mass is 10.1. The van der Waals surface area contributed by atoms with Crippen LogP contribution in [0.3, 0.4) is 0 Å². The lowest BCUT2D eigenvalue weighted by Crippen LogP contribution is -2.15. The number of ether oxygens (including phenoxy) is 1. The number of aryl methyl sites for hydroxylation is 1. The van der Waals surface area contributed by atoms with Gasteiger partial charge in [-0.2, -0.15) is 13.2 Å². The Bertz CT molecular complexity index is 973. The number of hydrogen-bond donors (Lipinski definition) is 2. The maximum Gasteiger partial charge on any atom is 0.416 e. The van der Waals surface area contributed by atoms with Gasteiger partial charge in [-0.1, -0.05) is 6.07 Å². The van der Waals surface area contributed by atoms with Gasteiger partial charge in [0, 0.05) is 12.6 Å². The fourth-order valence-corrected chi connectivity index (χ4v) is 3.42. The van der Waals surface area contributed by atoms with Gasteiger partial charge in [-0.15, -0.1) is 0 Å². The Kier molecular flexibility index (Phi) is 5.69. The number of carbonyl (C=O) groups is 1. The van der Waals surface area contributed by atoms with Gasteiger partial charge in [0.05, 0.1) is 23.3 Å². The van der Waals surface area contributed by atoms with E-state index in [1.54, 1.807) is 0 Å². The number of anilines is 2. The summed E-state index contributed by atoms with van der Waals surface area (Å²) in [5, 5.41) is 2.43. The molecule has 0 radical (unpaired) electrons. The Hall–Kier alpha value is -2.75. The van der Waals surface area contributed by atoms with Crippen LogP contribution in [-0.2, 0) is 21.0 Å². The van der Waals surface area contributed by atoms with Crippen LogP contribution < -0.4 is 14.8 Å². The average molecular weight is 402 g/mol. The van der Waals surface area contributed by atoms with Crippen molar-refractivity contribution in [2.24, 2.45) is 0 Å². The van der Waals surface area contributed by atoms with Gasteiger partial charge < -0.3 is 10.1 Å². The zero-order chi connectivity index (χ0) is 20.4. The maximum atomic E-state index is 13.0. The summed E-state index contributed by atoms with van der Waals surface area (Å²) in [4.78, 5) is 11.0. The first-order valence-electron chi connectivity index (χ1n) is 7.60. The molecule has 1 amide bonds. The molecule has 27 heavy (non-hydrogen) atoms. The molecule has 2 rings (SSSR count). The number of carbonyl (C=O) groups excluding carboxylic acids is 1. The summed E-state index contributed by atoms with van der Waals surface area (Å²) in [6.07, 6.45) is -4.61. The molecule has 0 saturated carbocycles. The van der Waals surface area contributed by atoms with Crippen LogP contribution in [0.5, 0.6) is 5.75 Å². The second kappa shape index (κ2) is 7.47. The second-order valence-electron chi connectivity index (χ2n) is 5.68. The van der Waals surface area contributed by atoms with Crippen molar-refractivity contribution in [3.8, 4) is 5.75 Å². The average Bonchev–Trinajstić information content (AvgIpc) is 2.54. The van der Waals surface area contributed by atoms with E-state index >= 15 is 0 Å². The second-order valence-corrected chi connectivity index (χ2v) is 7.36. The minimum Gasteiger partial charge on any atom is -0.495 e. The van der Waals surface area contributed by atoms with E-state index in [1.165, 1.54) is 45.2 Å². The third-order valence-corrected chi connectivity index (χ3v) is 4.97. The Labute approximate surface area is 154 Å². The number of amides is 1. The maximum absolute atomic E-state index is 13.0. The van der Waals surface area contributed by atoms with Crippen LogP contribution in [0, 0.1) is 6.92 Å². The topological polar surface area (TPSA) is 84.5 Å². The highest BCUT2D eigenvalue weighted by Crippen LogP contribution is 2.34. The van der Waals surface area contributed by atoms with E-state index in [4.69, 9.17) is 4.74 Å². The highest BCUT2D eigenvalue weighted by molar-refractivity contribution is 7.92. The molecule has 0 bridgehead atoms. The van der Waals surface area contributed by atoms with Crippen LogP contribution in [0.1, 0.15) is 18.1 Å². The van der Waals surface area contributed by atoms with Crippen molar-refractivity contribution in [1.29, 1.82) is 0 Å². The highest BCUT2D eigenvalue weighted by atomic mass is 32.2. The summed E-state index contributed by atoms with van der Waals surface area (Å²) in [5.74, 6) is -0.206. The number of rotatable bonds is 5. The molecule has 0 heterocycles. The van der Waals surface area contributed by atoms with Crippen LogP contribution in [-0.4, -0.2) is 21.4 Å². The van der Waals surface area contributed by atoms with Crippen molar-refractivity contribution in [1.82, 2.24) is 0 Å². The SMILES string of the molecule is COc1ccc(S(=O)(=O)Nc2ccc(C)c(C(F)(F)F)c2)cc1NC(C)=O. The molecule has 0 aliphatic heterocycles. The summed E-state index contributed by atoms with van der Waals surface area (Å²) < 4.78 is 71.3. The summed E-state index contributed by atoms with van der Waals surface area (Å²) in [5.41, 5.74) is -1.07. The smallest absolute Gasteiger partial charge is 0.416 e. The molecule has 2 aromatic carbocycles. The molecule has 2 aromatic rings. The fraction of sp³-hybridized carbons (Fsp3) is 0.235. The molecule has 2 N–H and O–H groups in total. The van der Waals surface area contributed by atoms with E-state index in [2.05, 4.69) is 10.0 Å². The molecule has 0 aliphatic carbocycles. The number of halogens is 3. The number of hydrogen-bond acceptors (Lipinski definition) is 4. The highest BCUT2D eigenvalue weighted by Gasteiger charge is 2.32. The number of methoxy groups -OCH3 is 1. The van der Waals surface area contributed by atoms with Crippen molar-refractivity contribution in [3.63, 3.8) is 0 Å². The van der Waals surface area contributed by atoms with E-state index in [0.717, 1.165) is 12.1 Å². The lowest BCUT2D eigenvalue weighted by molar-refractivity contribution is -0.138. The van der Waals surface area contributed by atoms with Gasteiger partial charge in [0.2, 0.25) is 5.91 Å². The van der Waals surface area contributed by atoms with Gasteiger partial charge in [-0.3, -0.25) is 9.52 Å². The molecule has 10 heteroatoms. The van der Waals surface area contributed by atoms with E-state index in [-0.39, 0.29) is 27.6 Å². The Balaban J connectivity index is 2.41. The summed E-state index contributed by atoms with van der Waals surface area (Å²) >= 11 is 0. The molecular formula is C17H17F3N2O4S. The van der Waals surface area contributed by atoms with E-state index in [9.17, 15) is 26.4 Å². The van der Waals surface area contributed by atoms with E-state index in [1.807, 2.05) is 0 Å². The third kappa shape index (κ3) is 4.91. The van der Waals surface area contributed by atoms with Crippen LogP contribution in [0.15, 0.2) is 41.3 Å². The predicted octanol–water partition coefficient (Wildman–Crippen LogP) is 3.78. The van der Waals surface area contributed by atoms with Crippen molar-refractivity contribution >= 4 is 27.3 Å². The fourth-order valence-electron chi connectivity index (χ4n) is 2.35. The van der Waals surface area contributed by atoms with Gasteiger partial charge in [0.25, 0.3) is 10.0 Å². The molecular weight excluding hydrogens is 385 g/mol. The van der Waals surface area contributed by atoms with Gasteiger partial charge in [0.1, 0.15) is 5.75 Å². The predicted molar refractivity (Wildman–Crippen MR) is 94.3 cm³/mol. The van der Waals surface area contributed by atoms with Gasteiger partial charge in [0.15, 0.2) is 0 Å². The largest absolute Gasteiger partial charge is 0.495 e. The first-order valence-corrected chi connectivity index (χ1v) is 9.08. The number of nitrogens with one attached hydrogen (secondary N) is 2. The summed E-state index contributed by atoms with van der Waals surface area (Å²) in [7, 11) is -2.85. The lowest BCUT2D eigenvalue weighted by Gasteiger charge is -2.15. The molecule has 146 valence electrons. The molecule has 0 atom stereocenters. The third-order valence-electron chi connectivity index (χ3n) is 3.59. The molecule has 0 aromatic heterocycles. The normalized spacial score (nSPS) is 11.8. The van der Waals surface area contributed by atoms with Crippen LogP contribution in [0.4, 0.5) is 24.5 Å². The Morgan fingerprint density at radius 2 is 1.78 bits per heavy atom. The van der Waals surface area contributed by atoms with Crippen LogP contribution in [0.2, 0.25) is 0 Å². The van der Waals surface area contributed by atoms with E-state index < -0.39 is 27.7 Å². The Morgan fingerprint density at radius 3 is 2.33 bits per heavy atom. The monoisotopic (exact) mass is 402 g/mol. The van der Waals surface area contributed by atoms with Crippen molar-refractivity contribution in [3.05, 3.63) is 47.5 Å². The molecule has 0 fully saturated rings. The molecule has 0 spiro atoms. The molecule has 0 saturated heterocycles.